The Morgan fingerprint density at radius 2 is 2.09 bits per heavy atom. The highest BCUT2D eigenvalue weighted by atomic mass is 32.1. The van der Waals surface area contributed by atoms with Crippen LogP contribution in [0.2, 0.25) is 0 Å². The average molecular weight is 315 g/mol. The van der Waals surface area contributed by atoms with Crippen molar-refractivity contribution in [1.29, 1.82) is 0 Å². The standard InChI is InChI=1S/C15H13N3O3S/c1-2-7-18-12(9-3-5-16-6-4-9)17-13-11(14(18)19)10(8-22-13)15(20)21/h3-6,8H,2,7H2,1H3,(H,20,21). The molecule has 0 aliphatic carbocycles. The van der Waals surface area contributed by atoms with Crippen LogP contribution in [0.5, 0.6) is 0 Å². The second-order valence-electron chi connectivity index (χ2n) is 4.76. The van der Waals surface area contributed by atoms with Gasteiger partial charge in [-0.2, -0.15) is 0 Å². The van der Waals surface area contributed by atoms with Crippen LogP contribution in [-0.2, 0) is 6.54 Å². The van der Waals surface area contributed by atoms with Gasteiger partial charge in [0.15, 0.2) is 0 Å². The minimum absolute atomic E-state index is 0.0173. The molecule has 0 unspecified atom stereocenters. The van der Waals surface area contributed by atoms with Crippen LogP contribution in [0, 0.1) is 0 Å². The van der Waals surface area contributed by atoms with Crippen LogP contribution in [0.1, 0.15) is 23.7 Å². The van der Waals surface area contributed by atoms with Gasteiger partial charge in [-0.3, -0.25) is 14.3 Å². The van der Waals surface area contributed by atoms with Crippen molar-refractivity contribution >= 4 is 27.5 Å². The van der Waals surface area contributed by atoms with Crippen molar-refractivity contribution in [2.45, 2.75) is 19.9 Å². The number of carbonyl (C=O) groups is 1. The molecule has 0 bridgehead atoms. The molecule has 0 radical (unpaired) electrons. The monoisotopic (exact) mass is 315 g/mol. The number of aromatic carboxylic acids is 1. The van der Waals surface area contributed by atoms with Gasteiger partial charge in [0.1, 0.15) is 10.7 Å². The van der Waals surface area contributed by atoms with E-state index in [9.17, 15) is 14.7 Å². The fourth-order valence-electron chi connectivity index (χ4n) is 2.33. The van der Waals surface area contributed by atoms with E-state index in [0.29, 0.717) is 17.2 Å². The van der Waals surface area contributed by atoms with Gasteiger partial charge in [-0.05, 0) is 18.6 Å². The summed E-state index contributed by atoms with van der Waals surface area (Å²) in [4.78, 5) is 33.0. The lowest BCUT2D eigenvalue weighted by atomic mass is 10.2. The fourth-order valence-corrected chi connectivity index (χ4v) is 3.24. The number of carboxylic acids is 1. The summed E-state index contributed by atoms with van der Waals surface area (Å²) >= 11 is 1.17. The number of rotatable bonds is 4. The molecule has 0 aliphatic rings. The summed E-state index contributed by atoms with van der Waals surface area (Å²) in [7, 11) is 0. The largest absolute Gasteiger partial charge is 0.478 e. The van der Waals surface area contributed by atoms with Crippen LogP contribution in [0.3, 0.4) is 0 Å². The molecular weight excluding hydrogens is 302 g/mol. The first-order valence-corrected chi connectivity index (χ1v) is 7.67. The maximum absolute atomic E-state index is 12.7. The van der Waals surface area contributed by atoms with Gasteiger partial charge >= 0.3 is 5.97 Å². The van der Waals surface area contributed by atoms with Crippen molar-refractivity contribution in [1.82, 2.24) is 14.5 Å². The average Bonchev–Trinajstić information content (AvgIpc) is 2.95. The third-order valence-electron chi connectivity index (χ3n) is 3.31. The number of thiophene rings is 1. The SMILES string of the molecule is CCCn1c(-c2ccncc2)nc2scc(C(=O)O)c2c1=O. The Morgan fingerprint density at radius 1 is 1.36 bits per heavy atom. The van der Waals surface area contributed by atoms with Gasteiger partial charge in [0.2, 0.25) is 0 Å². The number of fused-ring (bicyclic) bond motifs is 1. The zero-order valence-corrected chi connectivity index (χ0v) is 12.6. The maximum atomic E-state index is 12.7. The summed E-state index contributed by atoms with van der Waals surface area (Å²) in [5.41, 5.74) is 0.494. The van der Waals surface area contributed by atoms with Gasteiger partial charge < -0.3 is 5.11 Å². The summed E-state index contributed by atoms with van der Waals surface area (Å²) in [5.74, 6) is -0.564. The molecular formula is C15H13N3O3S. The van der Waals surface area contributed by atoms with Crippen LogP contribution in [0.15, 0.2) is 34.7 Å². The van der Waals surface area contributed by atoms with E-state index in [4.69, 9.17) is 0 Å². The van der Waals surface area contributed by atoms with Crippen LogP contribution >= 0.6 is 11.3 Å². The quantitative estimate of drug-likeness (QED) is 0.800. The van der Waals surface area contributed by atoms with Crippen LogP contribution in [0.25, 0.3) is 21.6 Å². The maximum Gasteiger partial charge on any atom is 0.337 e. The molecule has 112 valence electrons. The van der Waals surface area contributed by atoms with Crippen molar-refractivity contribution in [2.75, 3.05) is 0 Å². The van der Waals surface area contributed by atoms with Crippen molar-refractivity contribution in [3.05, 3.63) is 45.8 Å². The number of aromatic nitrogens is 3. The lowest BCUT2D eigenvalue weighted by Crippen LogP contribution is -2.24. The van der Waals surface area contributed by atoms with Gasteiger partial charge in [0, 0.05) is 29.9 Å². The molecule has 0 aliphatic heterocycles. The summed E-state index contributed by atoms with van der Waals surface area (Å²) in [6.07, 6.45) is 4.02. The topological polar surface area (TPSA) is 85.1 Å². The molecule has 1 N–H and O–H groups in total. The highest BCUT2D eigenvalue weighted by Gasteiger charge is 2.19. The first-order valence-electron chi connectivity index (χ1n) is 6.79. The normalized spacial score (nSPS) is 11.0. The van der Waals surface area contributed by atoms with Crippen molar-refractivity contribution in [3.63, 3.8) is 0 Å². The molecule has 3 rings (SSSR count). The van der Waals surface area contributed by atoms with Gasteiger partial charge in [0.05, 0.1) is 10.9 Å². The van der Waals surface area contributed by atoms with Crippen molar-refractivity contribution in [3.8, 4) is 11.4 Å². The smallest absolute Gasteiger partial charge is 0.337 e. The lowest BCUT2D eigenvalue weighted by molar-refractivity contribution is 0.0699. The highest BCUT2D eigenvalue weighted by Crippen LogP contribution is 2.25. The minimum Gasteiger partial charge on any atom is -0.478 e. The Morgan fingerprint density at radius 3 is 2.73 bits per heavy atom. The van der Waals surface area contributed by atoms with E-state index in [2.05, 4.69) is 9.97 Å². The highest BCUT2D eigenvalue weighted by molar-refractivity contribution is 7.17. The first-order chi connectivity index (χ1) is 10.6. The Kier molecular flexibility index (Phi) is 3.72. The lowest BCUT2D eigenvalue weighted by Gasteiger charge is -2.11. The summed E-state index contributed by atoms with van der Waals surface area (Å²) in [5, 5.41) is 10.9. The molecule has 3 heterocycles. The van der Waals surface area contributed by atoms with Gasteiger partial charge in [0.25, 0.3) is 5.56 Å². The third-order valence-corrected chi connectivity index (χ3v) is 4.18. The molecule has 0 fully saturated rings. The van der Waals surface area contributed by atoms with E-state index in [-0.39, 0.29) is 16.5 Å². The van der Waals surface area contributed by atoms with E-state index in [0.717, 1.165) is 12.0 Å². The summed E-state index contributed by atoms with van der Waals surface area (Å²) < 4.78 is 1.54. The van der Waals surface area contributed by atoms with Gasteiger partial charge in [-0.25, -0.2) is 9.78 Å². The Bertz CT molecular complexity index is 900. The van der Waals surface area contributed by atoms with Crippen LogP contribution < -0.4 is 5.56 Å². The number of hydrogen-bond donors (Lipinski definition) is 1. The predicted octanol–water partition coefficient (Wildman–Crippen LogP) is 2.63. The molecule has 3 aromatic heterocycles. The predicted molar refractivity (Wildman–Crippen MR) is 84.4 cm³/mol. The molecule has 7 heteroatoms. The molecule has 6 nitrogen and oxygen atoms in total. The van der Waals surface area contributed by atoms with Gasteiger partial charge in [-0.1, -0.05) is 6.92 Å². The molecule has 3 aromatic rings. The first kappa shape index (κ1) is 14.4. The van der Waals surface area contributed by atoms with E-state index >= 15 is 0 Å². The second-order valence-corrected chi connectivity index (χ2v) is 5.62. The number of carboxylic acid groups (broad SMARTS) is 1. The molecule has 0 amide bonds. The molecule has 0 saturated heterocycles. The molecule has 0 aromatic carbocycles. The molecule has 22 heavy (non-hydrogen) atoms. The number of nitrogens with zero attached hydrogens (tertiary/aromatic N) is 3. The van der Waals surface area contributed by atoms with Crippen molar-refractivity contribution in [2.24, 2.45) is 0 Å². The number of pyridine rings is 1. The van der Waals surface area contributed by atoms with E-state index in [1.165, 1.54) is 21.3 Å². The zero-order chi connectivity index (χ0) is 15.7. The van der Waals surface area contributed by atoms with Gasteiger partial charge in [-0.15, -0.1) is 11.3 Å². The van der Waals surface area contributed by atoms with E-state index < -0.39 is 5.97 Å². The Labute approximate surface area is 129 Å². The summed E-state index contributed by atoms with van der Waals surface area (Å²) in [6, 6.07) is 3.57. The van der Waals surface area contributed by atoms with E-state index in [1.54, 1.807) is 24.5 Å². The molecule has 0 saturated carbocycles. The van der Waals surface area contributed by atoms with Crippen LogP contribution in [-0.4, -0.2) is 25.6 Å². The van der Waals surface area contributed by atoms with Crippen LogP contribution in [0.4, 0.5) is 0 Å². The molecule has 0 spiro atoms. The third kappa shape index (κ3) is 2.29. The van der Waals surface area contributed by atoms with Crippen molar-refractivity contribution < 1.29 is 9.90 Å². The zero-order valence-electron chi connectivity index (χ0n) is 11.8. The Balaban J connectivity index is 2.36. The number of hydrogen-bond acceptors (Lipinski definition) is 5. The second kappa shape index (κ2) is 5.69. The Hall–Kier alpha value is -2.54. The summed E-state index contributed by atoms with van der Waals surface area (Å²) in [6.45, 7) is 2.44. The molecule has 0 atom stereocenters. The van der Waals surface area contributed by atoms with E-state index in [1.807, 2.05) is 6.92 Å². The minimum atomic E-state index is -1.11. The fraction of sp³-hybridized carbons (Fsp3) is 0.200.